The first kappa shape index (κ1) is 11.3. The molecule has 4 N–H and O–H groups in total. The Morgan fingerprint density at radius 1 is 1.44 bits per heavy atom. The van der Waals surface area contributed by atoms with Gasteiger partial charge >= 0.3 is 0 Å². The average molecular weight is 242 g/mol. The van der Waals surface area contributed by atoms with E-state index in [9.17, 15) is 9.90 Å². The second-order valence-corrected chi connectivity index (χ2v) is 4.89. The first-order valence-corrected chi connectivity index (χ1v) is 6.06. The van der Waals surface area contributed by atoms with Gasteiger partial charge in [-0.3, -0.25) is 4.79 Å². The van der Waals surface area contributed by atoms with Crippen LogP contribution in [0.1, 0.15) is 35.5 Å². The zero-order chi connectivity index (χ0) is 11.5. The second kappa shape index (κ2) is 4.75. The highest BCUT2D eigenvalue weighted by Gasteiger charge is 2.25. The summed E-state index contributed by atoms with van der Waals surface area (Å²) in [4.78, 5) is 11.7. The molecule has 1 aromatic rings. The molecule has 16 heavy (non-hydrogen) atoms. The van der Waals surface area contributed by atoms with Crippen molar-refractivity contribution in [2.24, 2.45) is 0 Å². The van der Waals surface area contributed by atoms with E-state index in [2.05, 4.69) is 15.5 Å². The Kier molecular flexibility index (Phi) is 3.35. The number of nitrogens with zero attached hydrogens (tertiary/aromatic N) is 2. The van der Waals surface area contributed by atoms with Gasteiger partial charge in [-0.05, 0) is 12.8 Å². The van der Waals surface area contributed by atoms with Crippen molar-refractivity contribution in [2.75, 3.05) is 5.73 Å². The van der Waals surface area contributed by atoms with Crippen LogP contribution in [0.15, 0.2) is 0 Å². The summed E-state index contributed by atoms with van der Waals surface area (Å²) in [5.41, 5.74) is 5.39. The summed E-state index contributed by atoms with van der Waals surface area (Å²) < 4.78 is 0. The predicted octanol–water partition coefficient (Wildman–Crippen LogP) is 0.154. The van der Waals surface area contributed by atoms with Crippen LogP contribution >= 0.6 is 11.3 Å². The third kappa shape index (κ3) is 2.48. The van der Waals surface area contributed by atoms with Crippen molar-refractivity contribution in [2.45, 2.75) is 37.8 Å². The molecule has 2 unspecified atom stereocenters. The Bertz CT molecular complexity index is 381. The summed E-state index contributed by atoms with van der Waals surface area (Å²) >= 11 is 1.05. The molecule has 0 aromatic carbocycles. The SMILES string of the molecule is Nc1nnc(C(=O)NC2CCCCC2O)s1. The van der Waals surface area contributed by atoms with E-state index in [0.717, 1.165) is 37.0 Å². The van der Waals surface area contributed by atoms with Gasteiger partial charge in [-0.15, -0.1) is 10.2 Å². The van der Waals surface area contributed by atoms with Crippen LogP contribution in [0.5, 0.6) is 0 Å². The van der Waals surface area contributed by atoms with Crippen LogP contribution in [0.2, 0.25) is 0 Å². The number of nitrogens with two attached hydrogens (primary N) is 1. The molecule has 0 radical (unpaired) electrons. The number of aliphatic hydroxyl groups excluding tert-OH is 1. The summed E-state index contributed by atoms with van der Waals surface area (Å²) in [6.45, 7) is 0. The molecule has 0 spiro atoms. The van der Waals surface area contributed by atoms with Gasteiger partial charge in [0.15, 0.2) is 0 Å². The van der Waals surface area contributed by atoms with Crippen molar-refractivity contribution in [3.8, 4) is 0 Å². The van der Waals surface area contributed by atoms with Gasteiger partial charge < -0.3 is 16.2 Å². The normalized spacial score (nSPS) is 25.3. The van der Waals surface area contributed by atoms with Crippen LogP contribution < -0.4 is 11.1 Å². The maximum absolute atomic E-state index is 11.7. The molecule has 1 amide bonds. The number of carbonyl (C=O) groups excluding carboxylic acids is 1. The molecule has 1 saturated carbocycles. The monoisotopic (exact) mass is 242 g/mol. The van der Waals surface area contributed by atoms with Gasteiger partial charge in [-0.25, -0.2) is 0 Å². The van der Waals surface area contributed by atoms with E-state index in [1.54, 1.807) is 0 Å². The highest BCUT2D eigenvalue weighted by molar-refractivity contribution is 7.16. The molecule has 1 aliphatic rings. The molecule has 2 rings (SSSR count). The summed E-state index contributed by atoms with van der Waals surface area (Å²) in [6.07, 6.45) is 3.13. The molecule has 0 bridgehead atoms. The van der Waals surface area contributed by atoms with Gasteiger partial charge in [-0.2, -0.15) is 0 Å². The van der Waals surface area contributed by atoms with Gasteiger partial charge in [0.05, 0.1) is 12.1 Å². The van der Waals surface area contributed by atoms with Crippen LogP contribution in [0.3, 0.4) is 0 Å². The lowest BCUT2D eigenvalue weighted by molar-refractivity contribution is 0.0716. The van der Waals surface area contributed by atoms with Crippen LogP contribution in [0.25, 0.3) is 0 Å². The van der Waals surface area contributed by atoms with E-state index < -0.39 is 6.10 Å². The lowest BCUT2D eigenvalue weighted by Gasteiger charge is -2.27. The summed E-state index contributed by atoms with van der Waals surface area (Å²) in [7, 11) is 0. The third-order valence-electron chi connectivity index (χ3n) is 2.68. The highest BCUT2D eigenvalue weighted by atomic mass is 32.1. The van der Waals surface area contributed by atoms with E-state index >= 15 is 0 Å². The number of rotatable bonds is 2. The van der Waals surface area contributed by atoms with Crippen molar-refractivity contribution >= 4 is 22.4 Å². The molecular weight excluding hydrogens is 228 g/mol. The molecule has 7 heteroatoms. The van der Waals surface area contributed by atoms with E-state index in [0.29, 0.717) is 0 Å². The van der Waals surface area contributed by atoms with Crippen LogP contribution in [0.4, 0.5) is 5.13 Å². The largest absolute Gasteiger partial charge is 0.391 e. The molecule has 1 aliphatic carbocycles. The zero-order valence-electron chi connectivity index (χ0n) is 8.72. The Morgan fingerprint density at radius 2 is 2.19 bits per heavy atom. The quantitative estimate of drug-likeness (QED) is 0.685. The number of aromatic nitrogens is 2. The summed E-state index contributed by atoms with van der Waals surface area (Å²) in [5.74, 6) is -0.305. The first-order chi connectivity index (χ1) is 7.66. The lowest BCUT2D eigenvalue weighted by atomic mass is 9.92. The van der Waals surface area contributed by atoms with Gasteiger partial charge in [0.25, 0.3) is 5.91 Å². The minimum atomic E-state index is -0.456. The van der Waals surface area contributed by atoms with Gasteiger partial charge in [0.1, 0.15) is 0 Å². The summed E-state index contributed by atoms with van der Waals surface area (Å²) in [6, 6.07) is -0.175. The predicted molar refractivity (Wildman–Crippen MR) is 60.1 cm³/mol. The fourth-order valence-electron chi connectivity index (χ4n) is 1.84. The molecule has 1 aromatic heterocycles. The minimum Gasteiger partial charge on any atom is -0.391 e. The first-order valence-electron chi connectivity index (χ1n) is 5.24. The van der Waals surface area contributed by atoms with Crippen LogP contribution in [0, 0.1) is 0 Å². The van der Waals surface area contributed by atoms with Gasteiger partial charge in [-0.1, -0.05) is 24.2 Å². The number of amides is 1. The molecule has 6 nitrogen and oxygen atoms in total. The molecule has 0 saturated heterocycles. The third-order valence-corrected chi connectivity index (χ3v) is 3.43. The van der Waals surface area contributed by atoms with Crippen molar-refractivity contribution < 1.29 is 9.90 Å². The molecule has 1 heterocycles. The van der Waals surface area contributed by atoms with E-state index in [1.165, 1.54) is 0 Å². The highest BCUT2D eigenvalue weighted by Crippen LogP contribution is 2.19. The maximum Gasteiger partial charge on any atom is 0.282 e. The second-order valence-electron chi connectivity index (χ2n) is 3.88. The maximum atomic E-state index is 11.7. The molecular formula is C9H14N4O2S. The zero-order valence-corrected chi connectivity index (χ0v) is 9.54. The number of anilines is 1. The molecule has 88 valence electrons. The number of nitrogen functional groups attached to an aromatic ring is 1. The van der Waals surface area contributed by atoms with E-state index in [-0.39, 0.29) is 22.1 Å². The Labute approximate surface area is 96.9 Å². The number of aliphatic hydroxyl groups is 1. The van der Waals surface area contributed by atoms with Crippen molar-refractivity contribution in [1.82, 2.24) is 15.5 Å². The Balaban J connectivity index is 1.96. The topological polar surface area (TPSA) is 101 Å². The summed E-state index contributed by atoms with van der Waals surface area (Å²) in [5, 5.41) is 20.2. The van der Waals surface area contributed by atoms with Crippen molar-refractivity contribution in [3.05, 3.63) is 5.01 Å². The fourth-order valence-corrected chi connectivity index (χ4v) is 2.35. The number of hydrogen-bond acceptors (Lipinski definition) is 6. The van der Waals surface area contributed by atoms with Gasteiger partial charge in [0, 0.05) is 0 Å². The fraction of sp³-hybridized carbons (Fsp3) is 0.667. The Hall–Kier alpha value is -1.21. The Morgan fingerprint density at radius 3 is 2.81 bits per heavy atom. The number of carbonyl (C=O) groups is 1. The van der Waals surface area contributed by atoms with Crippen molar-refractivity contribution in [1.29, 1.82) is 0 Å². The molecule has 1 fully saturated rings. The van der Waals surface area contributed by atoms with Gasteiger partial charge in [0.2, 0.25) is 10.1 Å². The molecule has 0 aliphatic heterocycles. The van der Waals surface area contributed by atoms with Crippen LogP contribution in [-0.2, 0) is 0 Å². The number of nitrogens with one attached hydrogen (secondary N) is 1. The van der Waals surface area contributed by atoms with Crippen LogP contribution in [-0.4, -0.2) is 33.4 Å². The van der Waals surface area contributed by atoms with Crippen molar-refractivity contribution in [3.63, 3.8) is 0 Å². The number of hydrogen-bond donors (Lipinski definition) is 3. The molecule has 2 atom stereocenters. The van der Waals surface area contributed by atoms with E-state index in [1.807, 2.05) is 0 Å². The average Bonchev–Trinajstić information content (AvgIpc) is 2.68. The minimum absolute atomic E-state index is 0.175. The lowest BCUT2D eigenvalue weighted by Crippen LogP contribution is -2.45. The smallest absolute Gasteiger partial charge is 0.282 e. The standard InChI is InChI=1S/C9H14N4O2S/c10-9-13-12-8(16-9)7(15)11-5-3-1-2-4-6(5)14/h5-6,14H,1-4H2,(H2,10,13)(H,11,15). The van der Waals surface area contributed by atoms with E-state index in [4.69, 9.17) is 5.73 Å².